The second-order valence-electron chi connectivity index (χ2n) is 7.87. The van der Waals surface area contributed by atoms with Gasteiger partial charge in [0, 0.05) is 12.1 Å². The summed E-state index contributed by atoms with van der Waals surface area (Å²) in [5, 5.41) is 22.2. The van der Waals surface area contributed by atoms with Crippen LogP contribution in [0.5, 0.6) is 0 Å². The molecule has 6 nitrogen and oxygen atoms in total. The molecule has 3 rings (SSSR count). The lowest BCUT2D eigenvalue weighted by Crippen LogP contribution is -2.50. The van der Waals surface area contributed by atoms with E-state index in [1.54, 1.807) is 0 Å². The number of carbonyl (C=O) groups is 1. The molecule has 0 unspecified atom stereocenters. The van der Waals surface area contributed by atoms with E-state index < -0.39 is 73.0 Å². The molecule has 188 valence electrons. The Morgan fingerprint density at radius 1 is 0.944 bits per heavy atom. The summed E-state index contributed by atoms with van der Waals surface area (Å²) < 4.78 is 92.3. The predicted octanol–water partition coefficient (Wildman–Crippen LogP) is 4.24. The summed E-state index contributed by atoms with van der Waals surface area (Å²) >= 11 is 0. The van der Waals surface area contributed by atoms with Gasteiger partial charge in [0.1, 0.15) is 11.6 Å². The van der Waals surface area contributed by atoms with Crippen molar-refractivity contribution in [2.75, 3.05) is 11.1 Å². The maximum absolute atomic E-state index is 13.3. The molecule has 1 amide bonds. The van der Waals surface area contributed by atoms with E-state index in [9.17, 15) is 40.3 Å². The zero-order valence-electron chi connectivity index (χ0n) is 18.2. The van der Waals surface area contributed by atoms with Crippen LogP contribution in [0.15, 0.2) is 71.6 Å². The highest BCUT2D eigenvalue weighted by atomic mass is 32.2. The van der Waals surface area contributed by atoms with Crippen molar-refractivity contribution in [3.63, 3.8) is 0 Å². The van der Waals surface area contributed by atoms with Gasteiger partial charge in [0.15, 0.2) is 15.4 Å². The van der Waals surface area contributed by atoms with Gasteiger partial charge in [0.25, 0.3) is 5.91 Å². The number of hydrogen-bond acceptors (Lipinski definition) is 5. The average Bonchev–Trinajstić information content (AvgIpc) is 2.80. The molecular weight excluding hydrogens is 507 g/mol. The first-order valence-electron chi connectivity index (χ1n) is 10.1. The Labute approximate surface area is 202 Å². The highest BCUT2D eigenvalue weighted by molar-refractivity contribution is 7.91. The summed E-state index contributed by atoms with van der Waals surface area (Å²) in [7, 11) is -4.42. The number of nitrogens with zero attached hydrogens (tertiary/aromatic N) is 1. The highest BCUT2D eigenvalue weighted by Crippen LogP contribution is 2.34. The fourth-order valence-corrected chi connectivity index (χ4v) is 4.96. The van der Waals surface area contributed by atoms with Crippen LogP contribution in [0.25, 0.3) is 0 Å². The smallest absolute Gasteiger partial charge is 0.379 e. The Balaban J connectivity index is 2.00. The second kappa shape index (κ2) is 10.0. The topological polar surface area (TPSA) is 107 Å². The van der Waals surface area contributed by atoms with Gasteiger partial charge in [-0.1, -0.05) is 12.1 Å². The van der Waals surface area contributed by atoms with Crippen molar-refractivity contribution in [1.82, 2.24) is 0 Å². The van der Waals surface area contributed by atoms with Crippen LogP contribution in [-0.2, 0) is 27.2 Å². The lowest BCUT2D eigenvalue weighted by Gasteiger charge is -2.27. The molecule has 0 aliphatic rings. The first kappa shape index (κ1) is 26.8. The molecule has 0 spiro atoms. The molecule has 0 radical (unpaired) electrons. The van der Waals surface area contributed by atoms with Crippen molar-refractivity contribution < 1.29 is 40.3 Å². The van der Waals surface area contributed by atoms with Crippen molar-refractivity contribution in [2.24, 2.45) is 0 Å². The fourth-order valence-electron chi connectivity index (χ4n) is 3.38. The van der Waals surface area contributed by atoms with Crippen molar-refractivity contribution in [1.29, 1.82) is 5.26 Å². The molecule has 1 atom stereocenters. The third-order valence-electron chi connectivity index (χ3n) is 5.14. The molecule has 12 heteroatoms. The van der Waals surface area contributed by atoms with Crippen molar-refractivity contribution in [3.8, 4) is 6.07 Å². The van der Waals surface area contributed by atoms with E-state index >= 15 is 0 Å². The largest absolute Gasteiger partial charge is 0.417 e. The summed E-state index contributed by atoms with van der Waals surface area (Å²) in [6.07, 6.45) is -5.58. The number of hydrogen-bond donors (Lipinski definition) is 2. The lowest BCUT2D eigenvalue weighted by molar-refractivity contribution is -0.138. The van der Waals surface area contributed by atoms with Crippen LogP contribution in [0.4, 0.5) is 27.6 Å². The van der Waals surface area contributed by atoms with E-state index in [-0.39, 0.29) is 5.56 Å². The van der Waals surface area contributed by atoms with Crippen LogP contribution < -0.4 is 5.32 Å². The minimum absolute atomic E-state index is 0.152. The molecule has 0 fully saturated rings. The number of aliphatic hydroxyl groups is 1. The summed E-state index contributed by atoms with van der Waals surface area (Å²) in [4.78, 5) is 12.7. The Bertz CT molecular complexity index is 1420. The van der Waals surface area contributed by atoms with Crippen LogP contribution >= 0.6 is 0 Å². The maximum atomic E-state index is 13.3. The van der Waals surface area contributed by atoms with Gasteiger partial charge >= 0.3 is 6.18 Å². The van der Waals surface area contributed by atoms with Crippen molar-refractivity contribution in [3.05, 3.63) is 95.1 Å². The average molecular weight is 524 g/mol. The van der Waals surface area contributed by atoms with Gasteiger partial charge in [-0.2, -0.15) is 18.4 Å². The molecular formula is C24H17F5N2O4S. The second-order valence-corrected chi connectivity index (χ2v) is 9.86. The van der Waals surface area contributed by atoms with Gasteiger partial charge < -0.3 is 10.4 Å². The fraction of sp³-hybridized carbons (Fsp3) is 0.167. The number of nitrogens with one attached hydrogen (secondary N) is 1. The SMILES string of the molecule is N#Cc1ccc(NC(=O)[C@](O)(Cc2ccc(F)cc2)CS(=O)(=O)c2ccc(F)cc2)cc1C(F)(F)F. The molecule has 3 aromatic rings. The van der Waals surface area contributed by atoms with Crippen LogP contribution in [0.3, 0.4) is 0 Å². The number of carbonyl (C=O) groups excluding carboxylic acids is 1. The third-order valence-corrected chi connectivity index (χ3v) is 6.99. The Morgan fingerprint density at radius 2 is 1.50 bits per heavy atom. The number of halogens is 5. The number of benzene rings is 3. The quantitative estimate of drug-likeness (QED) is 0.355. The number of sulfone groups is 1. The molecule has 0 saturated carbocycles. The number of amides is 1. The Hall–Kier alpha value is -3.82. The molecule has 0 heterocycles. The number of rotatable bonds is 7. The molecule has 0 aliphatic heterocycles. The number of nitriles is 1. The summed E-state index contributed by atoms with van der Waals surface area (Å²) in [5.74, 6) is -3.95. The molecule has 3 aromatic carbocycles. The molecule has 0 aromatic heterocycles. The maximum Gasteiger partial charge on any atom is 0.417 e. The van der Waals surface area contributed by atoms with E-state index in [4.69, 9.17) is 5.26 Å². The molecule has 0 bridgehead atoms. The molecule has 0 saturated heterocycles. The summed E-state index contributed by atoms with van der Waals surface area (Å²) in [5.41, 5.74) is -5.09. The van der Waals surface area contributed by atoms with Crippen LogP contribution in [-0.4, -0.2) is 30.8 Å². The molecule has 0 aliphatic carbocycles. The zero-order chi connectivity index (χ0) is 26.7. The Morgan fingerprint density at radius 3 is 2.03 bits per heavy atom. The minimum Gasteiger partial charge on any atom is -0.379 e. The number of anilines is 1. The number of alkyl halides is 3. The van der Waals surface area contributed by atoms with E-state index in [0.29, 0.717) is 6.07 Å². The lowest BCUT2D eigenvalue weighted by atomic mass is 9.95. The van der Waals surface area contributed by atoms with E-state index in [1.807, 2.05) is 0 Å². The Kier molecular flexibility index (Phi) is 7.47. The summed E-state index contributed by atoms with van der Waals surface area (Å²) in [6, 6.07) is 11.7. The monoisotopic (exact) mass is 524 g/mol. The van der Waals surface area contributed by atoms with Gasteiger partial charge in [0.2, 0.25) is 0 Å². The van der Waals surface area contributed by atoms with Gasteiger partial charge in [-0.3, -0.25) is 4.79 Å². The third kappa shape index (κ3) is 6.24. The highest BCUT2D eigenvalue weighted by Gasteiger charge is 2.42. The van der Waals surface area contributed by atoms with Gasteiger partial charge in [-0.05, 0) is 60.2 Å². The van der Waals surface area contributed by atoms with E-state index in [1.165, 1.54) is 18.2 Å². The first-order chi connectivity index (χ1) is 16.7. The van der Waals surface area contributed by atoms with Gasteiger partial charge in [-0.15, -0.1) is 0 Å². The predicted molar refractivity (Wildman–Crippen MR) is 118 cm³/mol. The van der Waals surface area contributed by atoms with Crippen LogP contribution in [0.2, 0.25) is 0 Å². The first-order valence-corrected chi connectivity index (χ1v) is 11.8. The van der Waals surface area contributed by atoms with Crippen molar-refractivity contribution >= 4 is 21.4 Å². The minimum atomic E-state index is -4.93. The van der Waals surface area contributed by atoms with Gasteiger partial charge in [0.05, 0.1) is 27.8 Å². The zero-order valence-corrected chi connectivity index (χ0v) is 19.0. The van der Waals surface area contributed by atoms with E-state index in [0.717, 1.165) is 48.5 Å². The molecule has 36 heavy (non-hydrogen) atoms. The summed E-state index contributed by atoms with van der Waals surface area (Å²) in [6.45, 7) is 0. The van der Waals surface area contributed by atoms with Crippen molar-refractivity contribution in [2.45, 2.75) is 23.1 Å². The van der Waals surface area contributed by atoms with E-state index in [2.05, 4.69) is 5.32 Å². The molecule has 2 N–H and O–H groups in total. The van der Waals surface area contributed by atoms with Crippen LogP contribution in [0, 0.1) is 23.0 Å². The normalized spacial score (nSPS) is 13.5. The van der Waals surface area contributed by atoms with Crippen LogP contribution in [0.1, 0.15) is 16.7 Å². The standard InChI is InChI=1S/C24H17F5N2O4S/c25-17-4-1-15(2-5-17)12-23(33,14-36(34,35)20-9-6-18(26)7-10-20)22(32)31-19-8-3-16(13-30)21(11-19)24(27,28)29/h1-11,33H,12,14H2,(H,31,32)/t23-/m0/s1. The van der Waals surface area contributed by atoms with Gasteiger partial charge in [-0.25, -0.2) is 17.2 Å².